The van der Waals surface area contributed by atoms with Crippen molar-refractivity contribution >= 4 is 0 Å². The SMILES string of the molecule is CNC(C)Cc1[13cH]cccc1C. The average Bonchev–Trinajstić information content (AvgIpc) is 2.09. The Morgan fingerprint density at radius 3 is 2.58 bits per heavy atom. The minimum atomic E-state index is 0.561. The highest BCUT2D eigenvalue weighted by Gasteiger charge is 2.01. The van der Waals surface area contributed by atoms with Crippen molar-refractivity contribution in [3.05, 3.63) is 35.4 Å². The van der Waals surface area contributed by atoms with Gasteiger partial charge in [0.1, 0.15) is 0 Å². The van der Waals surface area contributed by atoms with Crippen LogP contribution in [0.15, 0.2) is 24.3 Å². The summed E-state index contributed by atoms with van der Waals surface area (Å²) >= 11 is 0. The Balaban J connectivity index is 2.69. The highest BCUT2D eigenvalue weighted by molar-refractivity contribution is 5.26. The van der Waals surface area contributed by atoms with Crippen LogP contribution in [0.25, 0.3) is 0 Å². The van der Waals surface area contributed by atoms with E-state index in [1.165, 1.54) is 11.1 Å². The van der Waals surface area contributed by atoms with E-state index < -0.39 is 0 Å². The van der Waals surface area contributed by atoms with E-state index in [1.54, 1.807) is 0 Å². The van der Waals surface area contributed by atoms with Gasteiger partial charge in [0.2, 0.25) is 0 Å². The van der Waals surface area contributed by atoms with E-state index in [-0.39, 0.29) is 0 Å². The molecule has 0 amide bonds. The molecular formula is C11H17N. The minimum Gasteiger partial charge on any atom is -0.317 e. The molecule has 0 spiro atoms. The molecule has 1 atom stereocenters. The second-order valence-corrected chi connectivity index (χ2v) is 3.32. The fourth-order valence-corrected chi connectivity index (χ4v) is 1.27. The van der Waals surface area contributed by atoms with E-state index in [9.17, 15) is 0 Å². The Hall–Kier alpha value is -0.820. The van der Waals surface area contributed by atoms with Gasteiger partial charge in [0, 0.05) is 6.04 Å². The highest BCUT2D eigenvalue weighted by Crippen LogP contribution is 2.08. The molecule has 1 nitrogen and oxygen atoms in total. The van der Waals surface area contributed by atoms with Crippen molar-refractivity contribution in [2.75, 3.05) is 7.05 Å². The maximum Gasteiger partial charge on any atom is 0.00762 e. The monoisotopic (exact) mass is 164 g/mol. The van der Waals surface area contributed by atoms with Crippen LogP contribution in [0.3, 0.4) is 0 Å². The molecule has 1 heteroatoms. The van der Waals surface area contributed by atoms with Gasteiger partial charge >= 0.3 is 0 Å². The van der Waals surface area contributed by atoms with Gasteiger partial charge in [0.05, 0.1) is 0 Å². The van der Waals surface area contributed by atoms with Crippen molar-refractivity contribution in [2.24, 2.45) is 0 Å². The summed E-state index contributed by atoms with van der Waals surface area (Å²) in [6.07, 6.45) is 1.11. The average molecular weight is 164 g/mol. The van der Waals surface area contributed by atoms with Crippen LogP contribution in [0.2, 0.25) is 0 Å². The first-order chi connectivity index (χ1) is 5.74. The van der Waals surface area contributed by atoms with Crippen molar-refractivity contribution in [1.82, 2.24) is 5.32 Å². The Morgan fingerprint density at radius 1 is 1.33 bits per heavy atom. The molecule has 0 radical (unpaired) electrons. The van der Waals surface area contributed by atoms with Gasteiger partial charge < -0.3 is 5.32 Å². The summed E-state index contributed by atoms with van der Waals surface area (Å²) in [6.45, 7) is 4.37. The number of benzene rings is 1. The number of nitrogens with one attached hydrogen (secondary N) is 1. The Labute approximate surface area is 74.8 Å². The van der Waals surface area contributed by atoms with E-state index >= 15 is 0 Å². The lowest BCUT2D eigenvalue weighted by Gasteiger charge is -2.11. The second-order valence-electron chi connectivity index (χ2n) is 3.32. The predicted octanol–water partition coefficient (Wildman–Crippen LogP) is 2.15. The first kappa shape index (κ1) is 9.27. The zero-order valence-corrected chi connectivity index (χ0v) is 8.09. The highest BCUT2D eigenvalue weighted by atomic mass is 14.8. The van der Waals surface area contributed by atoms with Gasteiger partial charge in [0.25, 0.3) is 0 Å². The molecule has 0 aliphatic heterocycles. The zero-order chi connectivity index (χ0) is 8.97. The van der Waals surface area contributed by atoms with E-state index in [1.807, 2.05) is 7.05 Å². The molecule has 0 aliphatic rings. The van der Waals surface area contributed by atoms with Gasteiger partial charge in [-0.15, -0.1) is 0 Å². The standard InChI is InChI=1S/C11H17N/c1-9-6-4-5-7-11(9)8-10(2)12-3/h4-7,10,12H,8H2,1-3H3/i7+1. The minimum absolute atomic E-state index is 0.561. The molecule has 0 fully saturated rings. The molecule has 1 N–H and O–H groups in total. The first-order valence-electron chi connectivity index (χ1n) is 4.46. The van der Waals surface area contributed by atoms with Crippen LogP contribution in [0.5, 0.6) is 0 Å². The molecule has 1 aromatic carbocycles. The number of rotatable bonds is 3. The summed E-state index contributed by atoms with van der Waals surface area (Å²) in [5.74, 6) is 0. The lowest BCUT2D eigenvalue weighted by molar-refractivity contribution is 0.607. The van der Waals surface area contributed by atoms with E-state index in [4.69, 9.17) is 0 Å². The summed E-state index contributed by atoms with van der Waals surface area (Å²) in [5.41, 5.74) is 2.83. The van der Waals surface area contributed by atoms with E-state index in [2.05, 4.69) is 43.4 Å². The maximum absolute atomic E-state index is 3.24. The number of hydrogen-bond donors (Lipinski definition) is 1. The lowest BCUT2D eigenvalue weighted by atomic mass is 10.1. The molecule has 0 heterocycles. The smallest absolute Gasteiger partial charge is 0.00762 e. The molecule has 1 unspecified atom stereocenters. The summed E-state index contributed by atoms with van der Waals surface area (Å²) in [4.78, 5) is 0. The Morgan fingerprint density at radius 2 is 2.00 bits per heavy atom. The summed E-state index contributed by atoms with van der Waals surface area (Å²) in [6, 6.07) is 9.11. The topological polar surface area (TPSA) is 12.0 Å². The van der Waals surface area contributed by atoms with Crippen molar-refractivity contribution in [2.45, 2.75) is 26.3 Å². The number of hydrogen-bond acceptors (Lipinski definition) is 1. The lowest BCUT2D eigenvalue weighted by Crippen LogP contribution is -2.23. The van der Waals surface area contributed by atoms with Gasteiger partial charge in [-0.05, 0) is 38.4 Å². The van der Waals surface area contributed by atoms with Gasteiger partial charge in [-0.2, -0.15) is 0 Å². The molecule has 1 rings (SSSR count). The van der Waals surface area contributed by atoms with E-state index in [0.717, 1.165) is 6.42 Å². The van der Waals surface area contributed by atoms with Crippen molar-refractivity contribution in [1.29, 1.82) is 0 Å². The molecule has 12 heavy (non-hydrogen) atoms. The fraction of sp³-hybridized carbons (Fsp3) is 0.455. The van der Waals surface area contributed by atoms with Crippen molar-refractivity contribution < 1.29 is 0 Å². The van der Waals surface area contributed by atoms with Gasteiger partial charge in [-0.1, -0.05) is 24.3 Å². The molecular weight excluding hydrogens is 147 g/mol. The predicted molar refractivity (Wildman–Crippen MR) is 53.4 cm³/mol. The van der Waals surface area contributed by atoms with Crippen LogP contribution in [-0.4, -0.2) is 13.1 Å². The molecule has 0 saturated heterocycles. The third-order valence-electron chi connectivity index (χ3n) is 2.28. The van der Waals surface area contributed by atoms with Crippen molar-refractivity contribution in [3.8, 4) is 0 Å². The third-order valence-corrected chi connectivity index (χ3v) is 2.28. The number of aryl methyl sites for hydroxylation is 1. The summed E-state index contributed by atoms with van der Waals surface area (Å²) in [7, 11) is 2.00. The zero-order valence-electron chi connectivity index (χ0n) is 8.09. The summed E-state index contributed by atoms with van der Waals surface area (Å²) in [5, 5.41) is 3.24. The Kier molecular flexibility index (Phi) is 3.30. The Bertz CT molecular complexity index is 243. The van der Waals surface area contributed by atoms with Gasteiger partial charge in [-0.3, -0.25) is 0 Å². The van der Waals surface area contributed by atoms with Crippen LogP contribution in [-0.2, 0) is 6.42 Å². The molecule has 0 aromatic heterocycles. The third kappa shape index (κ3) is 2.35. The van der Waals surface area contributed by atoms with E-state index in [0.29, 0.717) is 6.04 Å². The van der Waals surface area contributed by atoms with Crippen LogP contribution in [0.4, 0.5) is 0 Å². The molecule has 66 valence electrons. The molecule has 0 aliphatic carbocycles. The first-order valence-corrected chi connectivity index (χ1v) is 4.46. The molecule has 0 bridgehead atoms. The van der Waals surface area contributed by atoms with Crippen LogP contribution < -0.4 is 5.32 Å². The normalized spacial score (nSPS) is 12.9. The quantitative estimate of drug-likeness (QED) is 0.721. The molecule has 0 saturated carbocycles. The van der Waals surface area contributed by atoms with Gasteiger partial charge in [-0.25, -0.2) is 0 Å². The van der Waals surface area contributed by atoms with Gasteiger partial charge in [0.15, 0.2) is 0 Å². The van der Waals surface area contributed by atoms with Crippen LogP contribution >= 0.6 is 0 Å². The molecule has 1 aromatic rings. The summed E-state index contributed by atoms with van der Waals surface area (Å²) < 4.78 is 0. The van der Waals surface area contributed by atoms with Crippen LogP contribution in [0.1, 0.15) is 18.1 Å². The maximum atomic E-state index is 3.24. The van der Waals surface area contributed by atoms with Crippen molar-refractivity contribution in [3.63, 3.8) is 0 Å². The second kappa shape index (κ2) is 4.27. The fourth-order valence-electron chi connectivity index (χ4n) is 1.27. The number of likely N-dealkylation sites (N-methyl/N-ethyl adjacent to an activating group) is 1. The largest absolute Gasteiger partial charge is 0.317 e. The van der Waals surface area contributed by atoms with Crippen LogP contribution in [0, 0.1) is 6.92 Å².